The maximum atomic E-state index is 9.50. The molecular formula is C12H16N2O3. The lowest BCUT2D eigenvalue weighted by Gasteiger charge is -2.17. The van der Waals surface area contributed by atoms with Crippen LogP contribution in [0.2, 0.25) is 0 Å². The van der Waals surface area contributed by atoms with Crippen molar-refractivity contribution in [2.45, 2.75) is 26.4 Å². The van der Waals surface area contributed by atoms with E-state index in [0.29, 0.717) is 11.8 Å². The predicted molar refractivity (Wildman–Crippen MR) is 62.8 cm³/mol. The molecule has 0 unspecified atom stereocenters. The summed E-state index contributed by atoms with van der Waals surface area (Å²) in [5.74, 6) is 6.23. The van der Waals surface area contributed by atoms with Gasteiger partial charge in [-0.3, -0.25) is 0 Å². The summed E-state index contributed by atoms with van der Waals surface area (Å²) in [5.41, 5.74) is -0.903. The largest absolute Gasteiger partial charge is 0.474 e. The fourth-order valence-electron chi connectivity index (χ4n) is 0.913. The van der Waals surface area contributed by atoms with Crippen molar-refractivity contribution in [3.63, 3.8) is 0 Å². The molecule has 1 N–H and O–H groups in total. The van der Waals surface area contributed by atoms with Crippen molar-refractivity contribution in [2.24, 2.45) is 0 Å². The van der Waals surface area contributed by atoms with E-state index in [1.165, 1.54) is 6.33 Å². The van der Waals surface area contributed by atoms with E-state index < -0.39 is 5.60 Å². The molecule has 0 saturated carbocycles. The molecule has 0 aliphatic carbocycles. The van der Waals surface area contributed by atoms with Crippen LogP contribution >= 0.6 is 0 Å². The van der Waals surface area contributed by atoms with Crippen LogP contribution in [0.5, 0.6) is 11.8 Å². The van der Waals surface area contributed by atoms with Crippen molar-refractivity contribution in [1.82, 2.24) is 9.97 Å². The topological polar surface area (TPSA) is 64.5 Å². The van der Waals surface area contributed by atoms with E-state index in [1.54, 1.807) is 26.8 Å². The molecule has 0 saturated heterocycles. The van der Waals surface area contributed by atoms with Gasteiger partial charge in [0.1, 0.15) is 12.9 Å². The highest BCUT2D eigenvalue weighted by Gasteiger charge is 2.14. The third kappa shape index (κ3) is 5.73. The number of aromatic nitrogens is 2. The first kappa shape index (κ1) is 13.3. The summed E-state index contributed by atoms with van der Waals surface area (Å²) in [6.07, 6.45) is 1.34. The normalized spacial score (nSPS) is 10.4. The van der Waals surface area contributed by atoms with Crippen molar-refractivity contribution in [3.8, 4) is 23.6 Å². The molecule has 0 aliphatic heterocycles. The number of nitrogens with zero attached hydrogens (tertiary/aromatic N) is 2. The average molecular weight is 236 g/mol. The highest BCUT2D eigenvalue weighted by molar-refractivity contribution is 5.18. The Balaban J connectivity index is 2.55. The molecule has 0 radical (unpaired) electrons. The first-order valence-electron chi connectivity index (χ1n) is 5.21. The van der Waals surface area contributed by atoms with E-state index in [0.717, 1.165) is 0 Å². The van der Waals surface area contributed by atoms with Crippen LogP contribution < -0.4 is 9.47 Å². The van der Waals surface area contributed by atoms with Gasteiger partial charge in [0, 0.05) is 0 Å². The Bertz CT molecular complexity index is 416. The van der Waals surface area contributed by atoms with Gasteiger partial charge >= 0.3 is 0 Å². The summed E-state index contributed by atoms with van der Waals surface area (Å²) in [6, 6.07) is 1.56. The first-order chi connectivity index (χ1) is 8.01. The fraction of sp³-hybridized carbons (Fsp3) is 0.500. The van der Waals surface area contributed by atoms with E-state index in [1.807, 2.05) is 0 Å². The molecule has 1 rings (SSSR count). The summed E-state index contributed by atoms with van der Waals surface area (Å²) < 4.78 is 10.6. The van der Waals surface area contributed by atoms with Gasteiger partial charge in [-0.25, -0.2) is 9.97 Å². The highest BCUT2D eigenvalue weighted by atomic mass is 16.5. The van der Waals surface area contributed by atoms with E-state index in [9.17, 15) is 5.11 Å². The molecule has 92 valence electrons. The summed E-state index contributed by atoms with van der Waals surface area (Å²) >= 11 is 0. The van der Waals surface area contributed by atoms with Gasteiger partial charge in [0.15, 0.2) is 6.61 Å². The van der Waals surface area contributed by atoms with Gasteiger partial charge in [-0.15, -0.1) is 5.92 Å². The molecule has 1 aromatic heterocycles. The molecule has 0 aliphatic rings. The number of aliphatic hydroxyl groups is 1. The van der Waals surface area contributed by atoms with E-state index >= 15 is 0 Å². The molecule has 0 fully saturated rings. The summed E-state index contributed by atoms with van der Waals surface area (Å²) in [4.78, 5) is 7.82. The zero-order chi connectivity index (χ0) is 12.7. The average Bonchev–Trinajstić information content (AvgIpc) is 2.27. The lowest BCUT2D eigenvalue weighted by Crippen LogP contribution is -2.28. The van der Waals surface area contributed by atoms with Crippen molar-refractivity contribution in [1.29, 1.82) is 0 Å². The number of hydrogen-bond acceptors (Lipinski definition) is 5. The third-order valence-electron chi connectivity index (χ3n) is 1.66. The smallest absolute Gasteiger partial charge is 0.221 e. The number of ether oxygens (including phenoxy) is 2. The Morgan fingerprint density at radius 1 is 1.29 bits per heavy atom. The van der Waals surface area contributed by atoms with Crippen LogP contribution in [-0.2, 0) is 0 Å². The van der Waals surface area contributed by atoms with Gasteiger partial charge in [0.2, 0.25) is 11.8 Å². The van der Waals surface area contributed by atoms with E-state index in [4.69, 9.17) is 9.47 Å². The van der Waals surface area contributed by atoms with Gasteiger partial charge in [-0.05, 0) is 20.8 Å². The second-order valence-electron chi connectivity index (χ2n) is 4.01. The van der Waals surface area contributed by atoms with Gasteiger partial charge < -0.3 is 14.6 Å². The standard InChI is InChI=1S/C12H16N2O3/c1-4-5-6-16-10-7-11(14-9-13-10)17-8-12(2,3)15/h7,9,15H,6,8H2,1-3H3. The molecular weight excluding hydrogens is 220 g/mol. The fourth-order valence-corrected chi connectivity index (χ4v) is 0.913. The number of hydrogen-bond donors (Lipinski definition) is 1. The van der Waals surface area contributed by atoms with Crippen LogP contribution in [0.25, 0.3) is 0 Å². The van der Waals surface area contributed by atoms with Gasteiger partial charge in [-0.2, -0.15) is 0 Å². The minimum atomic E-state index is -0.903. The van der Waals surface area contributed by atoms with Crippen molar-refractivity contribution in [3.05, 3.63) is 12.4 Å². The van der Waals surface area contributed by atoms with Crippen LogP contribution in [-0.4, -0.2) is 33.9 Å². The molecule has 0 spiro atoms. The highest BCUT2D eigenvalue weighted by Crippen LogP contribution is 2.14. The van der Waals surface area contributed by atoms with Crippen LogP contribution in [0.4, 0.5) is 0 Å². The van der Waals surface area contributed by atoms with Crippen molar-refractivity contribution < 1.29 is 14.6 Å². The van der Waals surface area contributed by atoms with Crippen LogP contribution in [0.1, 0.15) is 20.8 Å². The first-order valence-corrected chi connectivity index (χ1v) is 5.21. The van der Waals surface area contributed by atoms with Crippen LogP contribution in [0.3, 0.4) is 0 Å². The molecule has 1 heterocycles. The Morgan fingerprint density at radius 3 is 2.53 bits per heavy atom. The van der Waals surface area contributed by atoms with Crippen LogP contribution in [0.15, 0.2) is 12.4 Å². The second-order valence-corrected chi connectivity index (χ2v) is 4.01. The molecule has 0 atom stereocenters. The van der Waals surface area contributed by atoms with E-state index in [-0.39, 0.29) is 13.2 Å². The molecule has 5 nitrogen and oxygen atoms in total. The maximum Gasteiger partial charge on any atom is 0.221 e. The minimum absolute atomic E-state index is 0.151. The molecule has 5 heteroatoms. The predicted octanol–water partition coefficient (Wildman–Crippen LogP) is 1.03. The zero-order valence-corrected chi connectivity index (χ0v) is 10.2. The van der Waals surface area contributed by atoms with Gasteiger partial charge in [-0.1, -0.05) is 5.92 Å². The SMILES string of the molecule is CC#CCOc1cc(OCC(C)(C)O)ncn1. The lowest BCUT2D eigenvalue weighted by molar-refractivity contribution is 0.0266. The van der Waals surface area contributed by atoms with Crippen LogP contribution in [0, 0.1) is 11.8 Å². The monoisotopic (exact) mass is 236 g/mol. The minimum Gasteiger partial charge on any atom is -0.474 e. The molecule has 1 aromatic rings. The lowest BCUT2D eigenvalue weighted by atomic mass is 10.2. The number of rotatable bonds is 5. The molecule has 0 bridgehead atoms. The Kier molecular flexibility index (Phi) is 4.73. The zero-order valence-electron chi connectivity index (χ0n) is 10.2. The second kappa shape index (κ2) is 6.06. The van der Waals surface area contributed by atoms with Crippen molar-refractivity contribution in [2.75, 3.05) is 13.2 Å². The Labute approximate surface area is 101 Å². The van der Waals surface area contributed by atoms with Gasteiger partial charge in [0.25, 0.3) is 0 Å². The van der Waals surface area contributed by atoms with Gasteiger partial charge in [0.05, 0.1) is 11.7 Å². The summed E-state index contributed by atoms with van der Waals surface area (Å²) in [7, 11) is 0. The maximum absolute atomic E-state index is 9.50. The Morgan fingerprint density at radius 2 is 1.94 bits per heavy atom. The molecule has 0 aromatic carbocycles. The quantitative estimate of drug-likeness (QED) is 0.773. The summed E-state index contributed by atoms with van der Waals surface area (Å²) in [5, 5.41) is 9.50. The molecule has 17 heavy (non-hydrogen) atoms. The van der Waals surface area contributed by atoms with Crippen molar-refractivity contribution >= 4 is 0 Å². The molecule has 0 amide bonds. The van der Waals surface area contributed by atoms with E-state index in [2.05, 4.69) is 21.8 Å². The Hall–Kier alpha value is -1.80. The third-order valence-corrected chi connectivity index (χ3v) is 1.66. The summed E-state index contributed by atoms with van der Waals surface area (Å²) in [6.45, 7) is 5.47.